The summed E-state index contributed by atoms with van der Waals surface area (Å²) in [5, 5.41) is 8.22. The Kier molecular flexibility index (Phi) is 10.7. The van der Waals surface area contributed by atoms with Crippen molar-refractivity contribution in [1.82, 2.24) is 25.1 Å². The molecule has 0 unspecified atom stereocenters. The van der Waals surface area contributed by atoms with Gasteiger partial charge in [0.15, 0.2) is 5.76 Å². The Morgan fingerprint density at radius 1 is 1.10 bits per heavy atom. The maximum Gasteiger partial charge on any atom is 0.153 e. The van der Waals surface area contributed by atoms with Crippen molar-refractivity contribution in [2.75, 3.05) is 51.6 Å². The van der Waals surface area contributed by atoms with E-state index >= 15 is 0 Å². The molecule has 0 saturated carbocycles. The van der Waals surface area contributed by atoms with E-state index in [1.54, 1.807) is 6.20 Å². The summed E-state index contributed by atoms with van der Waals surface area (Å²) in [4.78, 5) is 14.1. The number of anilines is 1. The highest BCUT2D eigenvalue weighted by Gasteiger charge is 2.16. The molecule has 2 aliphatic heterocycles. The molecule has 208 valence electrons. The molecule has 0 amide bonds. The average molecular weight is 529 g/mol. The molecule has 2 aliphatic rings. The highest BCUT2D eigenvalue weighted by atomic mass is 16.3. The minimum absolute atomic E-state index is 0.488. The number of aromatic nitrogens is 2. The fraction of sp³-hybridized carbons (Fsp3) is 0.438. The van der Waals surface area contributed by atoms with Gasteiger partial charge in [-0.25, -0.2) is 4.98 Å². The summed E-state index contributed by atoms with van der Waals surface area (Å²) in [5.74, 6) is 1.54. The van der Waals surface area contributed by atoms with Crippen molar-refractivity contribution in [3.8, 4) is 11.5 Å². The lowest BCUT2D eigenvalue weighted by Gasteiger charge is -2.30. The molecule has 5 heterocycles. The highest BCUT2D eigenvalue weighted by Crippen LogP contribution is 2.29. The summed E-state index contributed by atoms with van der Waals surface area (Å²) in [6.07, 6.45) is 15.1. The summed E-state index contributed by atoms with van der Waals surface area (Å²) in [5.41, 5.74) is 3.70. The Morgan fingerprint density at radius 3 is 2.69 bits per heavy atom. The molecule has 3 aromatic rings. The minimum Gasteiger partial charge on any atom is -0.455 e. The molecule has 3 aromatic heterocycles. The maximum absolute atomic E-state index is 6.16. The number of hydrogen-bond acceptors (Lipinski definition) is 7. The van der Waals surface area contributed by atoms with E-state index in [4.69, 9.17) is 9.40 Å². The van der Waals surface area contributed by atoms with Crippen LogP contribution in [0.5, 0.6) is 0 Å². The van der Waals surface area contributed by atoms with E-state index in [-0.39, 0.29) is 0 Å². The molecule has 5 rings (SSSR count). The van der Waals surface area contributed by atoms with E-state index < -0.39 is 0 Å². The summed E-state index contributed by atoms with van der Waals surface area (Å²) in [6, 6.07) is 8.50. The topological polar surface area (TPSA) is 69.5 Å². The van der Waals surface area contributed by atoms with E-state index in [1.165, 1.54) is 32.4 Å². The van der Waals surface area contributed by atoms with Gasteiger partial charge >= 0.3 is 0 Å². The van der Waals surface area contributed by atoms with Gasteiger partial charge in [0.1, 0.15) is 11.5 Å². The zero-order valence-corrected chi connectivity index (χ0v) is 23.5. The highest BCUT2D eigenvalue weighted by molar-refractivity contribution is 5.92. The Labute approximate surface area is 233 Å². The number of nitrogens with one attached hydrogen (secondary N) is 2. The van der Waals surface area contributed by atoms with Crippen LogP contribution in [0.4, 0.5) is 5.69 Å². The Bertz CT molecular complexity index is 1220. The van der Waals surface area contributed by atoms with Gasteiger partial charge in [0.2, 0.25) is 0 Å². The number of piperidine rings is 2. The molecule has 7 heteroatoms. The van der Waals surface area contributed by atoms with E-state index in [2.05, 4.69) is 58.3 Å². The molecule has 7 nitrogen and oxygen atoms in total. The van der Waals surface area contributed by atoms with Gasteiger partial charge in [0.25, 0.3) is 0 Å². The summed E-state index contributed by atoms with van der Waals surface area (Å²) in [7, 11) is 2.18. The number of fused-ring (bicyclic) bond motifs is 1. The van der Waals surface area contributed by atoms with Crippen molar-refractivity contribution < 1.29 is 4.42 Å². The van der Waals surface area contributed by atoms with Crippen molar-refractivity contribution in [2.45, 2.75) is 44.6 Å². The van der Waals surface area contributed by atoms with Crippen LogP contribution < -0.4 is 10.6 Å². The standard InChI is InChI=1S/C30H40N6O.C2H4/c1-23(33-24-12-19-35(2)20-13-24)7-8-25-9-10-30(37-25)29-21-28(26-22-31-15-11-27(26)34-29)32-14-6-18-36-16-4-3-5-17-36;1-2/h7-11,15,21-22,24,33H,1,3-6,12-14,16-20H2,2H3,(H,32,34);1-2H2/b8-7+;. The second kappa shape index (κ2) is 14.7. The van der Waals surface area contributed by atoms with E-state index in [1.807, 2.05) is 36.5 Å². The van der Waals surface area contributed by atoms with E-state index in [9.17, 15) is 0 Å². The third-order valence-corrected chi connectivity index (χ3v) is 7.46. The lowest BCUT2D eigenvalue weighted by molar-refractivity contribution is 0.228. The lowest BCUT2D eigenvalue weighted by atomic mass is 10.1. The Morgan fingerprint density at radius 2 is 1.90 bits per heavy atom. The summed E-state index contributed by atoms with van der Waals surface area (Å²) in [6.45, 7) is 17.0. The monoisotopic (exact) mass is 528 g/mol. The SMILES string of the molecule is C=C.C=C(/C=C/c1ccc(-c2cc(NCCCN3CCCCC3)c3cnccc3n2)o1)NC1CCN(C)CC1. The number of furan rings is 1. The third-order valence-electron chi connectivity index (χ3n) is 7.46. The number of likely N-dealkylation sites (tertiary alicyclic amines) is 2. The van der Waals surface area contributed by atoms with Gasteiger partial charge in [-0.05, 0) is 108 Å². The smallest absolute Gasteiger partial charge is 0.153 e. The van der Waals surface area contributed by atoms with Gasteiger partial charge in [-0.2, -0.15) is 0 Å². The number of nitrogens with zero attached hydrogens (tertiary/aromatic N) is 4. The zero-order valence-electron chi connectivity index (χ0n) is 23.5. The molecule has 0 spiro atoms. The van der Waals surface area contributed by atoms with Crippen LogP contribution in [0.15, 0.2) is 72.6 Å². The fourth-order valence-electron chi connectivity index (χ4n) is 5.28. The predicted molar refractivity (Wildman–Crippen MR) is 164 cm³/mol. The number of hydrogen-bond donors (Lipinski definition) is 2. The summed E-state index contributed by atoms with van der Waals surface area (Å²) < 4.78 is 6.16. The number of pyridine rings is 2. The molecule has 0 atom stereocenters. The molecule has 2 N–H and O–H groups in total. The van der Waals surface area contributed by atoms with Crippen LogP contribution in [0.1, 0.15) is 44.3 Å². The zero-order chi connectivity index (χ0) is 27.5. The van der Waals surface area contributed by atoms with Crippen LogP contribution in [-0.2, 0) is 0 Å². The molecule has 0 radical (unpaired) electrons. The van der Waals surface area contributed by atoms with Crippen molar-refractivity contribution >= 4 is 22.7 Å². The average Bonchev–Trinajstić information content (AvgIpc) is 3.46. The van der Waals surface area contributed by atoms with E-state index in [0.717, 1.165) is 84.9 Å². The molecule has 2 fully saturated rings. The van der Waals surface area contributed by atoms with Crippen molar-refractivity contribution in [1.29, 1.82) is 0 Å². The van der Waals surface area contributed by atoms with Gasteiger partial charge < -0.3 is 24.9 Å². The van der Waals surface area contributed by atoms with Gasteiger partial charge in [-0.1, -0.05) is 13.0 Å². The molecule has 0 aliphatic carbocycles. The Balaban J connectivity index is 0.00000172. The van der Waals surface area contributed by atoms with Gasteiger partial charge in [-0.15, -0.1) is 13.2 Å². The van der Waals surface area contributed by atoms with Crippen molar-refractivity contribution in [3.63, 3.8) is 0 Å². The predicted octanol–water partition coefficient (Wildman–Crippen LogP) is 6.19. The van der Waals surface area contributed by atoms with Crippen molar-refractivity contribution in [3.05, 3.63) is 73.9 Å². The normalized spacial score (nSPS) is 17.2. The van der Waals surface area contributed by atoms with Crippen molar-refractivity contribution in [2.24, 2.45) is 0 Å². The first kappa shape index (κ1) is 28.6. The minimum atomic E-state index is 0.488. The van der Waals surface area contributed by atoms with Gasteiger partial charge in [0, 0.05) is 41.8 Å². The largest absolute Gasteiger partial charge is 0.455 e. The lowest BCUT2D eigenvalue weighted by Crippen LogP contribution is -2.40. The molecule has 2 saturated heterocycles. The molecular weight excluding hydrogens is 484 g/mol. The van der Waals surface area contributed by atoms with E-state index in [0.29, 0.717) is 6.04 Å². The van der Waals surface area contributed by atoms with Crippen LogP contribution in [0.2, 0.25) is 0 Å². The Hall–Kier alpha value is -3.42. The van der Waals surface area contributed by atoms with Crippen LogP contribution in [-0.4, -0.2) is 72.1 Å². The molecule has 0 bridgehead atoms. The second-order valence-corrected chi connectivity index (χ2v) is 10.4. The van der Waals surface area contributed by atoms with Gasteiger partial charge in [-0.3, -0.25) is 4.98 Å². The maximum atomic E-state index is 6.16. The molecule has 0 aromatic carbocycles. The second-order valence-electron chi connectivity index (χ2n) is 10.4. The summed E-state index contributed by atoms with van der Waals surface area (Å²) >= 11 is 0. The quantitative estimate of drug-likeness (QED) is 0.185. The fourth-order valence-corrected chi connectivity index (χ4v) is 5.28. The molecular formula is C32H44N6O. The van der Waals surface area contributed by atoms with Crippen LogP contribution in [0, 0.1) is 0 Å². The van der Waals surface area contributed by atoms with Crippen LogP contribution in [0.3, 0.4) is 0 Å². The first-order valence-corrected chi connectivity index (χ1v) is 14.3. The van der Waals surface area contributed by atoms with Crippen LogP contribution in [0.25, 0.3) is 28.4 Å². The molecule has 39 heavy (non-hydrogen) atoms. The van der Waals surface area contributed by atoms with Gasteiger partial charge in [0.05, 0.1) is 5.52 Å². The number of allylic oxidation sites excluding steroid dienone is 1. The third kappa shape index (κ3) is 8.28. The first-order valence-electron chi connectivity index (χ1n) is 14.3. The number of rotatable bonds is 10. The first-order chi connectivity index (χ1) is 19.1. The van der Waals surface area contributed by atoms with Crippen LogP contribution >= 0.6 is 0 Å².